The van der Waals surface area contributed by atoms with E-state index in [1.165, 1.54) is 20.2 Å². The summed E-state index contributed by atoms with van der Waals surface area (Å²) in [5.41, 5.74) is 6.85. The van der Waals surface area contributed by atoms with Crippen LogP contribution in [0.1, 0.15) is 12.0 Å². The van der Waals surface area contributed by atoms with E-state index in [-0.39, 0.29) is 23.2 Å². The molecule has 3 N–H and O–H groups in total. The molecule has 0 aliphatic heterocycles. The minimum absolute atomic E-state index is 0. The lowest BCUT2D eigenvalue weighted by Gasteiger charge is -2.16. The first-order chi connectivity index (χ1) is 10.2. The number of aryl methyl sites for hydroxylation is 1. The minimum Gasteiger partial charge on any atom is -0.325 e. The number of hydrogen-bond donors (Lipinski definition) is 2. The molecule has 0 aliphatic carbocycles. The predicted octanol–water partition coefficient (Wildman–Crippen LogP) is 1.69. The topological polar surface area (TPSA) is 92.5 Å². The molecule has 1 atom stereocenters. The van der Waals surface area contributed by atoms with Crippen LogP contribution in [-0.4, -0.2) is 50.8 Å². The first-order valence-electron chi connectivity index (χ1n) is 6.78. The van der Waals surface area contributed by atoms with E-state index in [9.17, 15) is 13.2 Å². The Kier molecular flexibility index (Phi) is 9.15. The highest BCUT2D eigenvalue weighted by Gasteiger charge is 2.21. The van der Waals surface area contributed by atoms with Crippen molar-refractivity contribution in [2.24, 2.45) is 5.73 Å². The summed E-state index contributed by atoms with van der Waals surface area (Å²) in [6.45, 7) is 1.71. The van der Waals surface area contributed by atoms with Crippen molar-refractivity contribution >= 4 is 45.8 Å². The van der Waals surface area contributed by atoms with Gasteiger partial charge in [-0.05, 0) is 43.0 Å². The van der Waals surface area contributed by atoms with Crippen molar-refractivity contribution in [3.05, 3.63) is 23.8 Å². The summed E-state index contributed by atoms with van der Waals surface area (Å²) in [5.74, 6) is 0.481. The van der Waals surface area contributed by atoms with Crippen molar-refractivity contribution in [3.8, 4) is 0 Å². The van der Waals surface area contributed by atoms with Crippen molar-refractivity contribution in [1.82, 2.24) is 4.31 Å². The molecule has 132 valence electrons. The number of hydrogen-bond acceptors (Lipinski definition) is 5. The highest BCUT2D eigenvalue weighted by atomic mass is 35.5. The van der Waals surface area contributed by atoms with Crippen LogP contribution in [0.5, 0.6) is 0 Å². The third-order valence-corrected chi connectivity index (χ3v) is 5.79. The molecule has 1 rings (SSSR count). The molecule has 0 bridgehead atoms. The average molecular weight is 382 g/mol. The standard InChI is InChI=1S/C14H23N3O3S2.ClH/c1-10-5-6-11(9-13(10)22(19,20)17(2)3)16-14(18)12(15)7-8-21-4;/h5-6,9,12H,7-8,15H2,1-4H3,(H,16,18);1H/t12-;/m0./s1. The van der Waals surface area contributed by atoms with Crippen LogP contribution in [0, 0.1) is 6.92 Å². The third kappa shape index (κ3) is 5.96. The number of rotatable bonds is 7. The predicted molar refractivity (Wildman–Crippen MR) is 98.9 cm³/mol. The maximum atomic E-state index is 12.3. The summed E-state index contributed by atoms with van der Waals surface area (Å²) in [6.07, 6.45) is 2.52. The number of thioether (sulfide) groups is 1. The van der Waals surface area contributed by atoms with E-state index in [0.29, 0.717) is 17.7 Å². The molecule has 1 aromatic carbocycles. The van der Waals surface area contributed by atoms with Crippen LogP contribution < -0.4 is 11.1 Å². The van der Waals surface area contributed by atoms with E-state index < -0.39 is 16.1 Å². The van der Waals surface area contributed by atoms with Gasteiger partial charge >= 0.3 is 0 Å². The van der Waals surface area contributed by atoms with Gasteiger partial charge < -0.3 is 11.1 Å². The molecule has 0 heterocycles. The first-order valence-corrected chi connectivity index (χ1v) is 9.62. The Bertz CT molecular complexity index is 636. The molecule has 0 radical (unpaired) electrons. The van der Waals surface area contributed by atoms with Gasteiger partial charge in [-0.25, -0.2) is 12.7 Å². The number of amides is 1. The van der Waals surface area contributed by atoms with Gasteiger partial charge in [0.25, 0.3) is 0 Å². The molecule has 1 aromatic rings. The number of sulfonamides is 1. The van der Waals surface area contributed by atoms with Gasteiger partial charge in [-0.3, -0.25) is 4.79 Å². The fourth-order valence-electron chi connectivity index (χ4n) is 1.76. The Balaban J connectivity index is 0.00000484. The second-order valence-electron chi connectivity index (χ2n) is 5.14. The number of nitrogens with two attached hydrogens (primary N) is 1. The third-order valence-electron chi connectivity index (χ3n) is 3.18. The number of anilines is 1. The molecule has 0 aliphatic rings. The van der Waals surface area contributed by atoms with Crippen molar-refractivity contribution in [2.45, 2.75) is 24.3 Å². The molecular formula is C14H24ClN3O3S2. The van der Waals surface area contributed by atoms with E-state index >= 15 is 0 Å². The van der Waals surface area contributed by atoms with Crippen LogP contribution in [0.25, 0.3) is 0 Å². The quantitative estimate of drug-likeness (QED) is 0.749. The fraction of sp³-hybridized carbons (Fsp3) is 0.500. The monoisotopic (exact) mass is 381 g/mol. The largest absolute Gasteiger partial charge is 0.325 e. The number of carbonyl (C=O) groups is 1. The van der Waals surface area contributed by atoms with Gasteiger partial charge in [0, 0.05) is 19.8 Å². The lowest BCUT2D eigenvalue weighted by molar-refractivity contribution is -0.117. The van der Waals surface area contributed by atoms with Gasteiger partial charge in [-0.2, -0.15) is 11.8 Å². The number of nitrogens with zero attached hydrogens (tertiary/aromatic N) is 1. The Hall–Kier alpha value is -0.800. The van der Waals surface area contributed by atoms with Crippen LogP contribution >= 0.6 is 24.2 Å². The Morgan fingerprint density at radius 3 is 2.52 bits per heavy atom. The molecule has 0 aromatic heterocycles. The molecular weight excluding hydrogens is 358 g/mol. The molecule has 0 saturated carbocycles. The van der Waals surface area contributed by atoms with Gasteiger partial charge in [0.1, 0.15) is 0 Å². The summed E-state index contributed by atoms with van der Waals surface area (Å²) in [6, 6.07) is 4.19. The zero-order valence-corrected chi connectivity index (χ0v) is 16.1. The van der Waals surface area contributed by atoms with E-state index in [0.717, 1.165) is 10.1 Å². The fourth-order valence-corrected chi connectivity index (χ4v) is 3.40. The molecule has 23 heavy (non-hydrogen) atoms. The Morgan fingerprint density at radius 2 is 2.00 bits per heavy atom. The summed E-state index contributed by atoms with van der Waals surface area (Å²) in [7, 11) is -0.612. The van der Waals surface area contributed by atoms with E-state index in [2.05, 4.69) is 5.32 Å². The van der Waals surface area contributed by atoms with Crippen LogP contribution in [-0.2, 0) is 14.8 Å². The highest BCUT2D eigenvalue weighted by Crippen LogP contribution is 2.22. The summed E-state index contributed by atoms with van der Waals surface area (Å²) in [5, 5.41) is 2.67. The lowest BCUT2D eigenvalue weighted by Crippen LogP contribution is -2.36. The number of nitrogens with one attached hydrogen (secondary N) is 1. The molecule has 0 saturated heterocycles. The molecule has 6 nitrogen and oxygen atoms in total. The molecule has 0 fully saturated rings. The zero-order chi connectivity index (χ0) is 16.9. The number of halogens is 1. The average Bonchev–Trinajstić information content (AvgIpc) is 2.46. The molecule has 9 heteroatoms. The zero-order valence-electron chi connectivity index (χ0n) is 13.7. The van der Waals surface area contributed by atoms with Gasteiger partial charge in [0.15, 0.2) is 0 Å². The Labute approximate surface area is 148 Å². The number of benzene rings is 1. The maximum absolute atomic E-state index is 12.3. The van der Waals surface area contributed by atoms with Crippen LogP contribution in [0.2, 0.25) is 0 Å². The van der Waals surface area contributed by atoms with E-state index in [4.69, 9.17) is 5.73 Å². The number of carbonyl (C=O) groups excluding carboxylic acids is 1. The molecule has 1 amide bonds. The second kappa shape index (κ2) is 9.48. The molecule has 0 spiro atoms. The van der Waals surface area contributed by atoms with E-state index in [1.807, 2.05) is 6.26 Å². The smallest absolute Gasteiger partial charge is 0.242 e. The van der Waals surface area contributed by atoms with Crippen molar-refractivity contribution < 1.29 is 13.2 Å². The van der Waals surface area contributed by atoms with Crippen molar-refractivity contribution in [3.63, 3.8) is 0 Å². The SMILES string of the molecule is CSCC[C@H](N)C(=O)Nc1ccc(C)c(S(=O)(=O)N(C)C)c1.Cl. The van der Waals surface area contributed by atoms with Crippen molar-refractivity contribution in [2.75, 3.05) is 31.4 Å². The van der Waals surface area contributed by atoms with Gasteiger partial charge in [-0.1, -0.05) is 6.07 Å². The summed E-state index contributed by atoms with van der Waals surface area (Å²) < 4.78 is 25.6. The van der Waals surface area contributed by atoms with Gasteiger partial charge in [-0.15, -0.1) is 12.4 Å². The van der Waals surface area contributed by atoms with Gasteiger partial charge in [0.05, 0.1) is 10.9 Å². The summed E-state index contributed by atoms with van der Waals surface area (Å²) in [4.78, 5) is 12.2. The summed E-state index contributed by atoms with van der Waals surface area (Å²) >= 11 is 1.62. The van der Waals surface area contributed by atoms with Crippen LogP contribution in [0.15, 0.2) is 23.1 Å². The van der Waals surface area contributed by atoms with Gasteiger partial charge in [0.2, 0.25) is 15.9 Å². The second-order valence-corrected chi connectivity index (χ2v) is 8.25. The Morgan fingerprint density at radius 1 is 1.39 bits per heavy atom. The highest BCUT2D eigenvalue weighted by molar-refractivity contribution is 7.98. The lowest BCUT2D eigenvalue weighted by atomic mass is 10.2. The molecule has 0 unspecified atom stereocenters. The minimum atomic E-state index is -3.55. The van der Waals surface area contributed by atoms with Crippen LogP contribution in [0.4, 0.5) is 5.69 Å². The normalized spacial score (nSPS) is 12.6. The van der Waals surface area contributed by atoms with Crippen LogP contribution in [0.3, 0.4) is 0 Å². The maximum Gasteiger partial charge on any atom is 0.242 e. The van der Waals surface area contributed by atoms with E-state index in [1.54, 1.807) is 30.8 Å². The van der Waals surface area contributed by atoms with Crippen molar-refractivity contribution in [1.29, 1.82) is 0 Å². The first kappa shape index (κ1) is 22.2.